The zero-order valence-corrected chi connectivity index (χ0v) is 14.3. The number of unbranched alkanes of at least 4 members (excludes halogenated alkanes) is 2. The molecule has 0 spiro atoms. The third kappa shape index (κ3) is 8.03. The van der Waals surface area contributed by atoms with Gasteiger partial charge in [-0.2, -0.15) is 0 Å². The molecule has 0 amide bonds. The molecule has 0 saturated heterocycles. The third-order valence-corrected chi connectivity index (χ3v) is 3.55. The van der Waals surface area contributed by atoms with Gasteiger partial charge in [0.2, 0.25) is 0 Å². The number of nitrogens with zero attached hydrogens (tertiary/aromatic N) is 1. The van der Waals surface area contributed by atoms with E-state index in [1.165, 1.54) is 12.0 Å². The number of benzene rings is 1. The first kappa shape index (κ1) is 18.5. The van der Waals surface area contributed by atoms with Crippen molar-refractivity contribution in [2.45, 2.75) is 39.0 Å². The van der Waals surface area contributed by atoms with Crippen molar-refractivity contribution in [3.8, 4) is 0 Å². The predicted octanol–water partition coefficient (Wildman–Crippen LogP) is 3.16. The molecule has 4 heteroatoms. The number of aliphatic imine (C=N–C) groups is 1. The number of methoxy groups -OCH3 is 1. The van der Waals surface area contributed by atoms with Crippen LogP contribution in [-0.2, 0) is 4.74 Å². The molecule has 0 heterocycles. The summed E-state index contributed by atoms with van der Waals surface area (Å²) in [6.07, 6.45) is 3.44. The first-order valence-corrected chi connectivity index (χ1v) is 8.34. The van der Waals surface area contributed by atoms with Crippen LogP contribution in [0.5, 0.6) is 0 Å². The molecule has 0 bridgehead atoms. The van der Waals surface area contributed by atoms with Crippen LogP contribution in [0.2, 0.25) is 0 Å². The molecule has 0 aliphatic heterocycles. The van der Waals surface area contributed by atoms with Crippen LogP contribution < -0.4 is 10.6 Å². The standard InChI is InChI=1S/C18H31N3O/c1-4-19-18(20-13-9-6-10-14-22-3)21-15-16(2)17-11-7-5-8-12-17/h5,7-8,11-12,16H,4,6,9-10,13-15H2,1-3H3,(H2,19,20,21). The lowest BCUT2D eigenvalue weighted by molar-refractivity contribution is 0.192. The Morgan fingerprint density at radius 1 is 1.14 bits per heavy atom. The summed E-state index contributed by atoms with van der Waals surface area (Å²) < 4.78 is 5.06. The smallest absolute Gasteiger partial charge is 0.191 e. The van der Waals surface area contributed by atoms with Gasteiger partial charge in [-0.05, 0) is 31.7 Å². The lowest BCUT2D eigenvalue weighted by Gasteiger charge is -2.13. The van der Waals surface area contributed by atoms with Crippen molar-refractivity contribution in [3.05, 3.63) is 35.9 Å². The molecule has 0 saturated carbocycles. The van der Waals surface area contributed by atoms with Gasteiger partial charge in [0.1, 0.15) is 0 Å². The van der Waals surface area contributed by atoms with E-state index in [-0.39, 0.29) is 0 Å². The van der Waals surface area contributed by atoms with Gasteiger partial charge < -0.3 is 15.4 Å². The van der Waals surface area contributed by atoms with Gasteiger partial charge in [0.25, 0.3) is 0 Å². The van der Waals surface area contributed by atoms with Crippen LogP contribution in [0.4, 0.5) is 0 Å². The van der Waals surface area contributed by atoms with Crippen LogP contribution in [0.15, 0.2) is 35.3 Å². The monoisotopic (exact) mass is 305 g/mol. The normalized spacial score (nSPS) is 13.0. The summed E-state index contributed by atoms with van der Waals surface area (Å²) in [4.78, 5) is 4.69. The molecular weight excluding hydrogens is 274 g/mol. The highest BCUT2D eigenvalue weighted by Gasteiger charge is 2.04. The maximum absolute atomic E-state index is 5.06. The molecule has 0 aromatic heterocycles. The van der Waals surface area contributed by atoms with E-state index in [9.17, 15) is 0 Å². The second-order valence-corrected chi connectivity index (χ2v) is 5.51. The van der Waals surface area contributed by atoms with Crippen LogP contribution in [0.1, 0.15) is 44.6 Å². The van der Waals surface area contributed by atoms with Gasteiger partial charge in [-0.15, -0.1) is 0 Å². The minimum atomic E-state index is 0.429. The second-order valence-electron chi connectivity index (χ2n) is 5.51. The number of hydrogen-bond acceptors (Lipinski definition) is 2. The van der Waals surface area contributed by atoms with E-state index in [1.807, 2.05) is 0 Å². The molecule has 1 atom stereocenters. The van der Waals surface area contributed by atoms with Crippen molar-refractivity contribution in [1.82, 2.24) is 10.6 Å². The van der Waals surface area contributed by atoms with Crippen molar-refractivity contribution >= 4 is 5.96 Å². The molecule has 124 valence electrons. The number of nitrogens with one attached hydrogen (secondary N) is 2. The van der Waals surface area contributed by atoms with Crippen molar-refractivity contribution in [3.63, 3.8) is 0 Å². The molecule has 22 heavy (non-hydrogen) atoms. The minimum Gasteiger partial charge on any atom is -0.385 e. The molecule has 4 nitrogen and oxygen atoms in total. The third-order valence-electron chi connectivity index (χ3n) is 3.55. The summed E-state index contributed by atoms with van der Waals surface area (Å²) in [5.74, 6) is 1.34. The Morgan fingerprint density at radius 2 is 1.91 bits per heavy atom. The highest BCUT2D eigenvalue weighted by molar-refractivity contribution is 5.79. The van der Waals surface area contributed by atoms with Gasteiger partial charge in [0.15, 0.2) is 5.96 Å². The van der Waals surface area contributed by atoms with Crippen LogP contribution in [0.3, 0.4) is 0 Å². The van der Waals surface area contributed by atoms with E-state index in [4.69, 9.17) is 9.73 Å². The Kier molecular flexibility index (Phi) is 10.1. The van der Waals surface area contributed by atoms with Crippen molar-refractivity contribution in [1.29, 1.82) is 0 Å². The highest BCUT2D eigenvalue weighted by atomic mass is 16.5. The summed E-state index contributed by atoms with van der Waals surface area (Å²) >= 11 is 0. The molecule has 0 aliphatic carbocycles. The van der Waals surface area contributed by atoms with Crippen LogP contribution >= 0.6 is 0 Å². The molecule has 1 rings (SSSR count). The second kappa shape index (κ2) is 12.0. The topological polar surface area (TPSA) is 45.7 Å². The van der Waals surface area contributed by atoms with Crippen LogP contribution in [-0.4, -0.2) is 39.3 Å². The van der Waals surface area contributed by atoms with Crippen molar-refractivity contribution in [2.75, 3.05) is 33.4 Å². The van der Waals surface area contributed by atoms with E-state index >= 15 is 0 Å². The maximum atomic E-state index is 5.06. The zero-order valence-electron chi connectivity index (χ0n) is 14.3. The Morgan fingerprint density at radius 3 is 2.59 bits per heavy atom. The van der Waals surface area contributed by atoms with Gasteiger partial charge in [-0.1, -0.05) is 37.3 Å². The molecule has 1 unspecified atom stereocenters. The van der Waals surface area contributed by atoms with Crippen molar-refractivity contribution in [2.24, 2.45) is 4.99 Å². The van der Waals surface area contributed by atoms with E-state index in [1.54, 1.807) is 7.11 Å². The fraction of sp³-hybridized carbons (Fsp3) is 0.611. The number of guanidine groups is 1. The average Bonchev–Trinajstić information content (AvgIpc) is 2.56. The van der Waals surface area contributed by atoms with Crippen LogP contribution in [0.25, 0.3) is 0 Å². The van der Waals surface area contributed by atoms with Gasteiger partial charge in [0, 0.05) is 39.3 Å². The number of rotatable bonds is 10. The minimum absolute atomic E-state index is 0.429. The summed E-state index contributed by atoms with van der Waals surface area (Å²) in [5, 5.41) is 6.71. The zero-order chi connectivity index (χ0) is 16.0. The SMILES string of the molecule is CCNC(=NCC(C)c1ccccc1)NCCCCCOC. The molecule has 1 aromatic carbocycles. The fourth-order valence-corrected chi connectivity index (χ4v) is 2.21. The Bertz CT molecular complexity index is 406. The summed E-state index contributed by atoms with van der Waals surface area (Å²) in [5.41, 5.74) is 1.33. The van der Waals surface area contributed by atoms with Gasteiger partial charge >= 0.3 is 0 Å². The van der Waals surface area contributed by atoms with E-state index in [2.05, 4.69) is 54.8 Å². The molecule has 2 N–H and O–H groups in total. The largest absolute Gasteiger partial charge is 0.385 e. The first-order valence-electron chi connectivity index (χ1n) is 8.34. The Balaban J connectivity index is 2.35. The summed E-state index contributed by atoms with van der Waals surface area (Å²) in [6.45, 7) is 7.79. The van der Waals surface area contributed by atoms with Gasteiger partial charge in [-0.3, -0.25) is 4.99 Å². The van der Waals surface area contributed by atoms with Gasteiger partial charge in [-0.25, -0.2) is 0 Å². The number of hydrogen-bond donors (Lipinski definition) is 2. The molecule has 0 aliphatic rings. The predicted molar refractivity (Wildman–Crippen MR) is 94.6 cm³/mol. The quantitative estimate of drug-likeness (QED) is 0.396. The fourth-order valence-electron chi connectivity index (χ4n) is 2.21. The Hall–Kier alpha value is -1.55. The summed E-state index contributed by atoms with van der Waals surface area (Å²) in [7, 11) is 1.75. The number of ether oxygens (including phenoxy) is 1. The Labute approximate surface area is 135 Å². The average molecular weight is 305 g/mol. The van der Waals surface area contributed by atoms with E-state index in [0.717, 1.165) is 45.0 Å². The van der Waals surface area contributed by atoms with Crippen molar-refractivity contribution < 1.29 is 4.74 Å². The maximum Gasteiger partial charge on any atom is 0.191 e. The lowest BCUT2D eigenvalue weighted by Crippen LogP contribution is -2.38. The van der Waals surface area contributed by atoms with E-state index in [0.29, 0.717) is 5.92 Å². The highest BCUT2D eigenvalue weighted by Crippen LogP contribution is 2.14. The summed E-state index contributed by atoms with van der Waals surface area (Å²) in [6, 6.07) is 10.5. The van der Waals surface area contributed by atoms with Gasteiger partial charge in [0.05, 0.1) is 0 Å². The van der Waals surface area contributed by atoms with E-state index < -0.39 is 0 Å². The molecule has 0 fully saturated rings. The van der Waals surface area contributed by atoms with Crippen LogP contribution in [0, 0.1) is 0 Å². The molecular formula is C18H31N3O. The molecule has 0 radical (unpaired) electrons. The first-order chi connectivity index (χ1) is 10.8. The lowest BCUT2D eigenvalue weighted by atomic mass is 10.0. The molecule has 1 aromatic rings.